The fraction of sp³-hybridized carbons (Fsp3) is 0.278. The van der Waals surface area contributed by atoms with E-state index in [1.54, 1.807) is 6.07 Å². The van der Waals surface area contributed by atoms with E-state index in [9.17, 15) is 9.18 Å². The van der Waals surface area contributed by atoms with Gasteiger partial charge in [0, 0.05) is 11.4 Å². The molecule has 0 saturated heterocycles. The van der Waals surface area contributed by atoms with E-state index < -0.39 is 0 Å². The maximum Gasteiger partial charge on any atom is 0.234 e. The summed E-state index contributed by atoms with van der Waals surface area (Å²) in [5.74, 6) is 1.05. The molecular weight excluding hydrogens is 297 g/mol. The molecule has 0 atom stereocenters. The van der Waals surface area contributed by atoms with Crippen LogP contribution in [0.1, 0.15) is 30.9 Å². The van der Waals surface area contributed by atoms with Crippen LogP contribution in [0.3, 0.4) is 0 Å². The third-order valence-corrected chi connectivity index (χ3v) is 4.25. The smallest absolute Gasteiger partial charge is 0.234 e. The van der Waals surface area contributed by atoms with Crippen molar-refractivity contribution in [2.45, 2.75) is 25.5 Å². The van der Waals surface area contributed by atoms with Gasteiger partial charge in [0.2, 0.25) is 5.91 Å². The molecule has 22 heavy (non-hydrogen) atoms. The number of para-hydroxylation sites is 1. The van der Waals surface area contributed by atoms with Crippen molar-refractivity contribution in [3.05, 3.63) is 65.5 Å². The predicted molar refractivity (Wildman–Crippen MR) is 91.7 cm³/mol. The summed E-state index contributed by atoms with van der Waals surface area (Å²) in [4.78, 5) is 12.0. The van der Waals surface area contributed by atoms with Crippen LogP contribution in [0.15, 0.2) is 48.5 Å². The van der Waals surface area contributed by atoms with E-state index in [4.69, 9.17) is 0 Å². The molecule has 0 spiro atoms. The Balaban J connectivity index is 1.86. The minimum atomic E-state index is -0.242. The molecule has 4 heteroatoms. The first-order valence-electron chi connectivity index (χ1n) is 7.27. The summed E-state index contributed by atoms with van der Waals surface area (Å²) in [5, 5.41) is 2.96. The second kappa shape index (κ2) is 7.99. The lowest BCUT2D eigenvalue weighted by Crippen LogP contribution is -2.15. The number of hydrogen-bond acceptors (Lipinski definition) is 2. The molecule has 0 heterocycles. The summed E-state index contributed by atoms with van der Waals surface area (Å²) in [6, 6.07) is 14.3. The van der Waals surface area contributed by atoms with E-state index in [-0.39, 0.29) is 11.7 Å². The Morgan fingerprint density at radius 3 is 2.68 bits per heavy atom. The molecule has 0 radical (unpaired) electrons. The van der Waals surface area contributed by atoms with Gasteiger partial charge >= 0.3 is 0 Å². The van der Waals surface area contributed by atoms with Crippen LogP contribution in [0.4, 0.5) is 10.1 Å². The average molecular weight is 317 g/mol. The highest BCUT2D eigenvalue weighted by molar-refractivity contribution is 7.99. The topological polar surface area (TPSA) is 29.1 Å². The molecule has 2 nitrogen and oxygen atoms in total. The Morgan fingerprint density at radius 1 is 1.18 bits per heavy atom. The zero-order valence-corrected chi connectivity index (χ0v) is 13.6. The Bertz CT molecular complexity index is 642. The first-order chi connectivity index (χ1) is 10.6. The molecule has 2 aromatic rings. The largest absolute Gasteiger partial charge is 0.325 e. The summed E-state index contributed by atoms with van der Waals surface area (Å²) in [5.41, 5.74) is 2.89. The number of carbonyl (C=O) groups is 1. The van der Waals surface area contributed by atoms with Gasteiger partial charge in [-0.15, -0.1) is 11.8 Å². The molecule has 1 N–H and O–H groups in total. The van der Waals surface area contributed by atoms with Gasteiger partial charge in [0.05, 0.1) is 5.75 Å². The van der Waals surface area contributed by atoms with Crippen LogP contribution in [-0.2, 0) is 10.5 Å². The van der Waals surface area contributed by atoms with Crippen LogP contribution in [0.2, 0.25) is 0 Å². The molecule has 0 aliphatic rings. The summed E-state index contributed by atoms with van der Waals surface area (Å²) in [7, 11) is 0. The van der Waals surface area contributed by atoms with Gasteiger partial charge in [-0.1, -0.05) is 44.2 Å². The maximum atomic E-state index is 13.1. The fourth-order valence-corrected chi connectivity index (χ4v) is 2.96. The summed E-state index contributed by atoms with van der Waals surface area (Å²) >= 11 is 1.48. The Labute approximate surface area is 135 Å². The Hall–Kier alpha value is -1.81. The number of rotatable bonds is 6. The highest BCUT2D eigenvalue weighted by atomic mass is 32.2. The second-order valence-electron chi connectivity index (χ2n) is 5.41. The zero-order chi connectivity index (χ0) is 15.9. The highest BCUT2D eigenvalue weighted by Crippen LogP contribution is 2.24. The lowest BCUT2D eigenvalue weighted by Gasteiger charge is -2.13. The van der Waals surface area contributed by atoms with Gasteiger partial charge in [0.15, 0.2) is 0 Å². The van der Waals surface area contributed by atoms with E-state index in [1.807, 2.05) is 30.3 Å². The van der Waals surface area contributed by atoms with Crippen LogP contribution in [-0.4, -0.2) is 11.7 Å². The monoisotopic (exact) mass is 317 g/mol. The van der Waals surface area contributed by atoms with Crippen LogP contribution < -0.4 is 5.32 Å². The standard InChI is InChI=1S/C18H20FNOS/c1-13(2)16-8-3-4-9-17(16)20-18(21)12-22-11-14-6-5-7-15(19)10-14/h3-10,13H,11-12H2,1-2H3,(H,20,21). The lowest BCUT2D eigenvalue weighted by atomic mass is 10.0. The predicted octanol–water partition coefficient (Wildman–Crippen LogP) is 4.82. The van der Waals surface area contributed by atoms with Crippen molar-refractivity contribution in [2.75, 3.05) is 11.1 Å². The number of anilines is 1. The zero-order valence-electron chi connectivity index (χ0n) is 12.8. The molecule has 1 amide bonds. The number of thioether (sulfide) groups is 1. The van der Waals surface area contributed by atoms with Crippen LogP contribution in [0.25, 0.3) is 0 Å². The van der Waals surface area contributed by atoms with Gasteiger partial charge in [0.25, 0.3) is 0 Å². The van der Waals surface area contributed by atoms with Crippen molar-refractivity contribution >= 4 is 23.4 Å². The molecule has 0 fully saturated rings. The molecule has 0 unspecified atom stereocenters. The number of benzene rings is 2. The minimum absolute atomic E-state index is 0.0329. The fourth-order valence-electron chi connectivity index (χ4n) is 2.19. The number of amides is 1. The Kier molecular flexibility index (Phi) is 6.01. The van der Waals surface area contributed by atoms with E-state index >= 15 is 0 Å². The minimum Gasteiger partial charge on any atom is -0.325 e. The van der Waals surface area contributed by atoms with Gasteiger partial charge in [-0.3, -0.25) is 4.79 Å². The number of nitrogens with one attached hydrogen (secondary N) is 1. The number of halogens is 1. The Morgan fingerprint density at radius 2 is 1.95 bits per heavy atom. The molecule has 116 valence electrons. The third kappa shape index (κ3) is 4.88. The van der Waals surface area contributed by atoms with Crippen molar-refractivity contribution in [2.24, 2.45) is 0 Å². The van der Waals surface area contributed by atoms with Gasteiger partial charge in [0.1, 0.15) is 5.82 Å². The van der Waals surface area contributed by atoms with Gasteiger partial charge in [-0.2, -0.15) is 0 Å². The first-order valence-corrected chi connectivity index (χ1v) is 8.42. The van der Waals surface area contributed by atoms with E-state index in [2.05, 4.69) is 19.2 Å². The summed E-state index contributed by atoms with van der Waals surface area (Å²) in [6.07, 6.45) is 0. The van der Waals surface area contributed by atoms with Gasteiger partial charge in [-0.25, -0.2) is 4.39 Å². The van der Waals surface area contributed by atoms with Crippen molar-refractivity contribution in [1.29, 1.82) is 0 Å². The van der Waals surface area contributed by atoms with Crippen molar-refractivity contribution in [3.63, 3.8) is 0 Å². The molecule has 0 aromatic heterocycles. The molecule has 0 aliphatic heterocycles. The molecular formula is C18H20FNOS. The third-order valence-electron chi connectivity index (χ3n) is 3.25. The lowest BCUT2D eigenvalue weighted by molar-refractivity contribution is -0.113. The van der Waals surface area contributed by atoms with E-state index in [1.165, 1.54) is 23.9 Å². The SMILES string of the molecule is CC(C)c1ccccc1NC(=O)CSCc1cccc(F)c1. The average Bonchev–Trinajstić information content (AvgIpc) is 2.47. The molecule has 0 saturated carbocycles. The quantitative estimate of drug-likeness (QED) is 0.827. The van der Waals surface area contributed by atoms with Crippen LogP contribution >= 0.6 is 11.8 Å². The van der Waals surface area contributed by atoms with Crippen LogP contribution in [0, 0.1) is 5.82 Å². The van der Waals surface area contributed by atoms with Crippen molar-refractivity contribution < 1.29 is 9.18 Å². The number of carbonyl (C=O) groups excluding carboxylic acids is 1. The van der Waals surface area contributed by atoms with Crippen LogP contribution in [0.5, 0.6) is 0 Å². The van der Waals surface area contributed by atoms with E-state index in [0.29, 0.717) is 17.4 Å². The summed E-state index contributed by atoms with van der Waals surface area (Å²) in [6.45, 7) is 4.20. The highest BCUT2D eigenvalue weighted by Gasteiger charge is 2.09. The molecule has 2 rings (SSSR count). The van der Waals surface area contributed by atoms with Crippen molar-refractivity contribution in [3.8, 4) is 0 Å². The molecule has 0 aliphatic carbocycles. The number of hydrogen-bond donors (Lipinski definition) is 1. The maximum absolute atomic E-state index is 13.1. The summed E-state index contributed by atoms with van der Waals surface area (Å²) < 4.78 is 13.1. The second-order valence-corrected chi connectivity index (χ2v) is 6.40. The first kappa shape index (κ1) is 16.6. The van der Waals surface area contributed by atoms with E-state index in [0.717, 1.165) is 16.8 Å². The van der Waals surface area contributed by atoms with Crippen molar-refractivity contribution in [1.82, 2.24) is 0 Å². The van der Waals surface area contributed by atoms with Gasteiger partial charge < -0.3 is 5.32 Å². The molecule has 2 aromatic carbocycles. The molecule has 0 bridgehead atoms. The van der Waals surface area contributed by atoms with Gasteiger partial charge in [-0.05, 0) is 35.2 Å². The normalized spacial score (nSPS) is 10.7.